The Labute approximate surface area is 211 Å². The molecule has 0 saturated carbocycles. The lowest BCUT2D eigenvalue weighted by atomic mass is 10.0. The van der Waals surface area contributed by atoms with Crippen molar-refractivity contribution < 1.29 is 19.1 Å². The number of nitrogens with zero attached hydrogens (tertiary/aromatic N) is 1. The Balaban J connectivity index is 1.97. The van der Waals surface area contributed by atoms with Crippen molar-refractivity contribution in [1.82, 2.24) is 0 Å². The van der Waals surface area contributed by atoms with E-state index in [0.717, 1.165) is 28.1 Å². The number of hydrogen-bond acceptors (Lipinski definition) is 3. The van der Waals surface area contributed by atoms with Gasteiger partial charge in [0.25, 0.3) is 0 Å². The molecule has 0 amide bonds. The molecule has 4 heteroatoms. The fourth-order valence-corrected chi connectivity index (χ4v) is 4.53. The molecule has 0 bridgehead atoms. The average molecular weight is 479 g/mol. The van der Waals surface area contributed by atoms with Crippen LogP contribution in [0.2, 0.25) is 0 Å². The highest BCUT2D eigenvalue weighted by Gasteiger charge is 2.15. The van der Waals surface area contributed by atoms with Gasteiger partial charge < -0.3 is 19.1 Å². The van der Waals surface area contributed by atoms with Crippen LogP contribution in [-0.4, -0.2) is 50.5 Å². The fourth-order valence-electron chi connectivity index (χ4n) is 4.53. The summed E-state index contributed by atoms with van der Waals surface area (Å²) < 4.78 is 12.3. The van der Waals surface area contributed by atoms with Gasteiger partial charge in [-0.05, 0) is 30.5 Å². The van der Waals surface area contributed by atoms with Crippen LogP contribution in [0.25, 0.3) is 0 Å². The molecule has 34 heavy (non-hydrogen) atoms. The first-order valence-electron chi connectivity index (χ1n) is 14.2. The number of methoxy groups -OCH3 is 1. The summed E-state index contributed by atoms with van der Waals surface area (Å²) in [6.45, 7) is 5.11. The van der Waals surface area contributed by atoms with E-state index in [1.807, 2.05) is 18.2 Å². The van der Waals surface area contributed by atoms with Crippen LogP contribution in [0, 0.1) is 0 Å². The fraction of sp³-hybridized carbons (Fsp3) is 0.800. The molecule has 0 atom stereocenters. The number of benzene rings is 1. The quantitative estimate of drug-likeness (QED) is 0.128. The second-order valence-corrected chi connectivity index (χ2v) is 10.7. The minimum absolute atomic E-state index is 0.0150. The maximum absolute atomic E-state index is 9.35. The third-order valence-corrected chi connectivity index (χ3v) is 6.98. The maximum Gasteiger partial charge on any atom is 0.161 e. The standard InChI is InChI=1S/C30H56NO3/c1-5-6-7-8-9-10-11-12-13-14-15-16-17-18-19-20-23-31(2,3)24-25-34-30-26-28(27-32)21-22-29(30)33-4/h21-22,26,32H,5-20,23-25,27H2,1-4H3/q+1. The third-order valence-electron chi connectivity index (χ3n) is 6.98. The molecule has 0 aliphatic rings. The molecule has 0 radical (unpaired) electrons. The predicted molar refractivity (Wildman–Crippen MR) is 146 cm³/mol. The molecule has 0 spiro atoms. The summed E-state index contributed by atoms with van der Waals surface area (Å²) in [5.74, 6) is 1.44. The number of ether oxygens (including phenoxy) is 2. The van der Waals surface area contributed by atoms with E-state index in [1.54, 1.807) is 7.11 Å². The highest BCUT2D eigenvalue weighted by Crippen LogP contribution is 2.28. The summed E-state index contributed by atoms with van der Waals surface area (Å²) in [5.41, 5.74) is 0.845. The van der Waals surface area contributed by atoms with Crippen LogP contribution in [0.3, 0.4) is 0 Å². The highest BCUT2D eigenvalue weighted by molar-refractivity contribution is 5.42. The lowest BCUT2D eigenvalue weighted by Crippen LogP contribution is -2.43. The molecule has 0 unspecified atom stereocenters. The Bertz CT molecular complexity index is 603. The zero-order valence-corrected chi connectivity index (χ0v) is 23.1. The van der Waals surface area contributed by atoms with Crippen LogP contribution < -0.4 is 9.47 Å². The first-order valence-corrected chi connectivity index (χ1v) is 14.2. The van der Waals surface area contributed by atoms with Crippen molar-refractivity contribution in [3.63, 3.8) is 0 Å². The van der Waals surface area contributed by atoms with E-state index in [2.05, 4.69) is 21.0 Å². The largest absolute Gasteiger partial charge is 0.493 e. The molecule has 1 aromatic carbocycles. The van der Waals surface area contributed by atoms with Crippen LogP contribution in [-0.2, 0) is 6.61 Å². The molecule has 0 heterocycles. The van der Waals surface area contributed by atoms with Crippen molar-refractivity contribution in [1.29, 1.82) is 0 Å². The monoisotopic (exact) mass is 478 g/mol. The van der Waals surface area contributed by atoms with Gasteiger partial charge in [-0.3, -0.25) is 0 Å². The molecule has 0 aliphatic heterocycles. The number of unbranched alkanes of at least 4 members (excludes halogenated alkanes) is 15. The number of hydrogen-bond donors (Lipinski definition) is 1. The summed E-state index contributed by atoms with van der Waals surface area (Å²) in [6, 6.07) is 5.59. The van der Waals surface area contributed by atoms with Gasteiger partial charge in [-0.1, -0.05) is 103 Å². The second-order valence-electron chi connectivity index (χ2n) is 10.7. The van der Waals surface area contributed by atoms with Crippen molar-refractivity contribution in [3.05, 3.63) is 23.8 Å². The molecular formula is C30H56NO3+. The Morgan fingerprint density at radius 3 is 1.65 bits per heavy atom. The first-order chi connectivity index (χ1) is 16.5. The maximum atomic E-state index is 9.35. The van der Waals surface area contributed by atoms with Crippen molar-refractivity contribution in [3.8, 4) is 11.5 Å². The van der Waals surface area contributed by atoms with E-state index in [9.17, 15) is 5.11 Å². The van der Waals surface area contributed by atoms with Crippen LogP contribution in [0.4, 0.5) is 0 Å². The van der Waals surface area contributed by atoms with Crippen molar-refractivity contribution in [2.24, 2.45) is 0 Å². The molecule has 198 valence electrons. The van der Waals surface area contributed by atoms with Crippen LogP contribution in [0.5, 0.6) is 11.5 Å². The number of aliphatic hydroxyl groups excluding tert-OH is 1. The topological polar surface area (TPSA) is 38.7 Å². The summed E-state index contributed by atoms with van der Waals surface area (Å²) in [6.07, 6.45) is 22.6. The molecule has 0 fully saturated rings. The average Bonchev–Trinajstić information content (AvgIpc) is 2.83. The number of rotatable bonds is 23. The Morgan fingerprint density at radius 2 is 1.18 bits per heavy atom. The van der Waals surface area contributed by atoms with Gasteiger partial charge in [0, 0.05) is 0 Å². The van der Waals surface area contributed by atoms with Crippen molar-refractivity contribution >= 4 is 0 Å². The normalized spacial score (nSPS) is 11.7. The molecule has 1 rings (SSSR count). The van der Waals surface area contributed by atoms with E-state index < -0.39 is 0 Å². The molecule has 0 aliphatic carbocycles. The van der Waals surface area contributed by atoms with E-state index in [-0.39, 0.29) is 6.61 Å². The lowest BCUT2D eigenvalue weighted by molar-refractivity contribution is -0.890. The van der Waals surface area contributed by atoms with Gasteiger partial charge in [0.2, 0.25) is 0 Å². The predicted octanol–water partition coefficient (Wildman–Crippen LogP) is 7.90. The smallest absolute Gasteiger partial charge is 0.161 e. The van der Waals surface area contributed by atoms with E-state index in [1.165, 1.54) is 109 Å². The van der Waals surface area contributed by atoms with Crippen LogP contribution >= 0.6 is 0 Å². The van der Waals surface area contributed by atoms with Crippen LogP contribution in [0.15, 0.2) is 18.2 Å². The summed E-state index contributed by atoms with van der Waals surface area (Å²) >= 11 is 0. The Kier molecular flexibility index (Phi) is 18.1. The van der Waals surface area contributed by atoms with E-state index >= 15 is 0 Å². The molecule has 1 N–H and O–H groups in total. The SMILES string of the molecule is CCCCCCCCCCCCCCCCCC[N+](C)(C)CCOc1cc(CO)ccc1OC. The second kappa shape index (κ2) is 20.0. The number of aliphatic hydroxyl groups is 1. The Hall–Kier alpha value is -1.26. The van der Waals surface area contributed by atoms with Gasteiger partial charge in [0.05, 0.1) is 34.4 Å². The highest BCUT2D eigenvalue weighted by atomic mass is 16.5. The molecule has 4 nitrogen and oxygen atoms in total. The van der Waals surface area contributed by atoms with Gasteiger partial charge in [-0.2, -0.15) is 0 Å². The lowest BCUT2D eigenvalue weighted by Gasteiger charge is -2.29. The zero-order valence-electron chi connectivity index (χ0n) is 23.1. The molecule has 1 aromatic rings. The van der Waals surface area contributed by atoms with E-state index in [0.29, 0.717) is 6.61 Å². The van der Waals surface area contributed by atoms with Gasteiger partial charge in [-0.15, -0.1) is 0 Å². The zero-order chi connectivity index (χ0) is 24.9. The van der Waals surface area contributed by atoms with Crippen molar-refractivity contribution in [2.45, 2.75) is 116 Å². The summed E-state index contributed by atoms with van der Waals surface area (Å²) in [4.78, 5) is 0. The minimum atomic E-state index is 0.0150. The Morgan fingerprint density at radius 1 is 0.676 bits per heavy atom. The van der Waals surface area contributed by atoms with Gasteiger partial charge in [-0.25, -0.2) is 0 Å². The third kappa shape index (κ3) is 15.6. The molecule has 0 aromatic heterocycles. The van der Waals surface area contributed by atoms with Gasteiger partial charge in [0.1, 0.15) is 13.2 Å². The molecule has 0 saturated heterocycles. The molecular weight excluding hydrogens is 422 g/mol. The van der Waals surface area contributed by atoms with Crippen molar-refractivity contribution in [2.75, 3.05) is 40.9 Å². The van der Waals surface area contributed by atoms with Gasteiger partial charge in [0.15, 0.2) is 11.5 Å². The summed E-state index contributed by atoms with van der Waals surface area (Å²) in [5, 5.41) is 9.35. The first kappa shape index (κ1) is 30.8. The minimum Gasteiger partial charge on any atom is -0.493 e. The number of likely N-dealkylation sites (N-methyl/N-ethyl adjacent to an activating group) is 1. The number of quaternary nitrogens is 1. The van der Waals surface area contributed by atoms with Crippen LogP contribution in [0.1, 0.15) is 115 Å². The van der Waals surface area contributed by atoms with Gasteiger partial charge >= 0.3 is 0 Å². The van der Waals surface area contributed by atoms with E-state index in [4.69, 9.17) is 9.47 Å². The summed E-state index contributed by atoms with van der Waals surface area (Å²) in [7, 11) is 6.23.